The standard InChI is InChI=1S/C27H46O6/c1-14(6-5-7-15(2)25(32)33)17-8-9-18-22-19(13-21(29)27(17,18)4)26(3)11-10-16(28)12-20(26)23(30)24(22)31/h14-24,28-31H,5-13H2,1-4H3,(H,32,33)/t14-,15?,16-,17-,18+,19+,20?,21+,22+,23-,24+,26-,27-/m1/s1. The minimum absolute atomic E-state index is 0.0193. The molecule has 0 aliphatic heterocycles. The number of hydrogen-bond donors (Lipinski definition) is 5. The maximum absolute atomic E-state index is 11.6. The molecule has 0 radical (unpaired) electrons. The molecule has 0 saturated heterocycles. The van der Waals surface area contributed by atoms with E-state index in [1.54, 1.807) is 6.92 Å². The fraction of sp³-hybridized carbons (Fsp3) is 0.963. The average molecular weight is 467 g/mol. The van der Waals surface area contributed by atoms with Gasteiger partial charge in [0.15, 0.2) is 0 Å². The summed E-state index contributed by atoms with van der Waals surface area (Å²) in [7, 11) is 0. The Balaban J connectivity index is 1.54. The van der Waals surface area contributed by atoms with Crippen molar-refractivity contribution in [1.29, 1.82) is 0 Å². The molecule has 4 aliphatic carbocycles. The van der Waals surface area contributed by atoms with Gasteiger partial charge in [-0.25, -0.2) is 0 Å². The summed E-state index contributed by atoms with van der Waals surface area (Å²) >= 11 is 0. The molecular formula is C27H46O6. The lowest BCUT2D eigenvalue weighted by Gasteiger charge is -2.64. The largest absolute Gasteiger partial charge is 0.481 e. The molecule has 33 heavy (non-hydrogen) atoms. The van der Waals surface area contributed by atoms with Crippen molar-refractivity contribution in [2.45, 2.75) is 110 Å². The van der Waals surface area contributed by atoms with Crippen LogP contribution in [0.25, 0.3) is 0 Å². The number of aliphatic hydroxyl groups is 4. The first-order valence-corrected chi connectivity index (χ1v) is 13.4. The summed E-state index contributed by atoms with van der Waals surface area (Å²) in [6.07, 6.45) is 4.74. The zero-order chi connectivity index (χ0) is 24.3. The number of fused-ring (bicyclic) bond motifs is 5. The normalized spacial score (nSPS) is 51.2. The fourth-order valence-corrected chi connectivity index (χ4v) is 9.24. The van der Waals surface area contributed by atoms with Crippen molar-refractivity contribution in [2.75, 3.05) is 0 Å². The van der Waals surface area contributed by atoms with Gasteiger partial charge < -0.3 is 25.5 Å². The molecule has 0 aromatic heterocycles. The van der Waals surface area contributed by atoms with Crippen molar-refractivity contribution >= 4 is 5.97 Å². The van der Waals surface area contributed by atoms with Gasteiger partial charge >= 0.3 is 5.97 Å². The Labute approximate surface area is 198 Å². The van der Waals surface area contributed by atoms with Gasteiger partial charge in [0.2, 0.25) is 0 Å². The molecule has 4 saturated carbocycles. The van der Waals surface area contributed by atoms with Gasteiger partial charge in [-0.2, -0.15) is 0 Å². The summed E-state index contributed by atoms with van der Waals surface area (Å²) in [5.74, 6) is -0.163. The summed E-state index contributed by atoms with van der Waals surface area (Å²) in [5, 5.41) is 53.6. The van der Waals surface area contributed by atoms with E-state index in [9.17, 15) is 30.3 Å². The maximum Gasteiger partial charge on any atom is 0.306 e. The number of aliphatic carboxylic acids is 1. The number of carbonyl (C=O) groups is 1. The second-order valence-electron chi connectivity index (χ2n) is 12.8. The predicted octanol–water partition coefficient (Wildman–Crippen LogP) is 3.45. The third-order valence-corrected chi connectivity index (χ3v) is 11.3. The van der Waals surface area contributed by atoms with Gasteiger partial charge in [-0.05, 0) is 91.3 Å². The minimum atomic E-state index is -0.820. The Morgan fingerprint density at radius 3 is 2.27 bits per heavy atom. The SMILES string of the molecule is CC(CCC[C@@H](C)[C@H]1CC[C@H]2[C@@H]3[C@H](O)[C@H](O)C4C[C@H](O)CC[C@]4(C)[C@H]3C[C@H](O)[C@]12C)C(=O)O. The molecule has 0 aromatic rings. The second kappa shape index (κ2) is 9.07. The lowest BCUT2D eigenvalue weighted by molar-refractivity contribution is -0.243. The van der Waals surface area contributed by atoms with E-state index in [1.807, 2.05) is 0 Å². The molecule has 0 amide bonds. The monoisotopic (exact) mass is 466 g/mol. The first-order chi connectivity index (χ1) is 15.4. The summed E-state index contributed by atoms with van der Waals surface area (Å²) in [6.45, 7) is 8.45. The number of rotatable bonds is 6. The summed E-state index contributed by atoms with van der Waals surface area (Å²) < 4.78 is 0. The molecule has 0 aromatic carbocycles. The van der Waals surface area contributed by atoms with Crippen LogP contribution in [0.2, 0.25) is 0 Å². The van der Waals surface area contributed by atoms with Crippen LogP contribution in [0.5, 0.6) is 0 Å². The zero-order valence-electron chi connectivity index (χ0n) is 20.9. The van der Waals surface area contributed by atoms with Gasteiger partial charge in [-0.1, -0.05) is 40.5 Å². The van der Waals surface area contributed by atoms with Gasteiger partial charge in [0.1, 0.15) is 0 Å². The van der Waals surface area contributed by atoms with Crippen LogP contribution in [0.15, 0.2) is 0 Å². The van der Waals surface area contributed by atoms with Crippen molar-refractivity contribution in [2.24, 2.45) is 52.3 Å². The van der Waals surface area contributed by atoms with E-state index in [-0.39, 0.29) is 40.4 Å². The quantitative estimate of drug-likeness (QED) is 0.409. The fourth-order valence-electron chi connectivity index (χ4n) is 9.24. The highest BCUT2D eigenvalue weighted by molar-refractivity contribution is 5.69. The minimum Gasteiger partial charge on any atom is -0.481 e. The Kier molecular flexibility index (Phi) is 6.98. The molecule has 190 valence electrons. The number of aliphatic hydroxyl groups excluding tert-OH is 4. The highest BCUT2D eigenvalue weighted by Gasteiger charge is 2.67. The molecule has 5 N–H and O–H groups in total. The van der Waals surface area contributed by atoms with Crippen LogP contribution in [0, 0.1) is 52.3 Å². The molecule has 13 atom stereocenters. The van der Waals surface area contributed by atoms with E-state index in [0.29, 0.717) is 31.1 Å². The van der Waals surface area contributed by atoms with Gasteiger partial charge in [-0.15, -0.1) is 0 Å². The van der Waals surface area contributed by atoms with Crippen molar-refractivity contribution in [1.82, 2.24) is 0 Å². The lowest BCUT2D eigenvalue weighted by Crippen LogP contribution is -2.66. The molecule has 6 nitrogen and oxygen atoms in total. The summed E-state index contributed by atoms with van der Waals surface area (Å²) in [5.41, 5.74) is -0.460. The lowest BCUT2D eigenvalue weighted by atomic mass is 9.42. The van der Waals surface area contributed by atoms with Crippen LogP contribution < -0.4 is 0 Å². The summed E-state index contributed by atoms with van der Waals surface area (Å²) in [6, 6.07) is 0. The van der Waals surface area contributed by atoms with Gasteiger partial charge in [0.05, 0.1) is 30.3 Å². The third-order valence-electron chi connectivity index (χ3n) is 11.3. The van der Waals surface area contributed by atoms with Crippen molar-refractivity contribution in [3.05, 3.63) is 0 Å². The van der Waals surface area contributed by atoms with Crippen LogP contribution >= 0.6 is 0 Å². The van der Waals surface area contributed by atoms with E-state index in [0.717, 1.165) is 38.5 Å². The third kappa shape index (κ3) is 3.97. The summed E-state index contributed by atoms with van der Waals surface area (Å²) in [4.78, 5) is 11.2. The van der Waals surface area contributed by atoms with Gasteiger partial charge in [0, 0.05) is 0 Å². The van der Waals surface area contributed by atoms with Crippen LogP contribution in [0.1, 0.15) is 85.5 Å². The molecule has 0 bridgehead atoms. The Bertz CT molecular complexity index is 727. The number of carboxylic acids is 1. The molecule has 4 aliphatic rings. The molecule has 0 spiro atoms. The van der Waals surface area contributed by atoms with Crippen LogP contribution in [0.4, 0.5) is 0 Å². The molecular weight excluding hydrogens is 420 g/mol. The van der Waals surface area contributed by atoms with E-state index in [2.05, 4.69) is 20.8 Å². The molecule has 4 fully saturated rings. The Morgan fingerprint density at radius 1 is 0.909 bits per heavy atom. The molecule has 4 rings (SSSR count). The second-order valence-corrected chi connectivity index (χ2v) is 12.8. The number of hydrogen-bond acceptors (Lipinski definition) is 5. The Hall–Kier alpha value is -0.690. The smallest absolute Gasteiger partial charge is 0.306 e. The van der Waals surface area contributed by atoms with Gasteiger partial charge in [0.25, 0.3) is 0 Å². The first-order valence-electron chi connectivity index (χ1n) is 13.4. The van der Waals surface area contributed by atoms with Crippen molar-refractivity contribution in [3.63, 3.8) is 0 Å². The van der Waals surface area contributed by atoms with Crippen LogP contribution in [-0.4, -0.2) is 55.9 Å². The first kappa shape index (κ1) is 25.4. The van der Waals surface area contributed by atoms with E-state index < -0.39 is 30.4 Å². The predicted molar refractivity (Wildman–Crippen MR) is 125 cm³/mol. The van der Waals surface area contributed by atoms with E-state index >= 15 is 0 Å². The van der Waals surface area contributed by atoms with E-state index in [1.165, 1.54) is 0 Å². The van der Waals surface area contributed by atoms with Crippen LogP contribution in [-0.2, 0) is 4.79 Å². The van der Waals surface area contributed by atoms with E-state index in [4.69, 9.17) is 0 Å². The maximum atomic E-state index is 11.6. The van der Waals surface area contributed by atoms with Crippen molar-refractivity contribution < 1.29 is 30.3 Å². The highest BCUT2D eigenvalue weighted by atomic mass is 16.4. The molecule has 2 unspecified atom stereocenters. The molecule has 0 heterocycles. The molecule has 6 heteroatoms. The Morgan fingerprint density at radius 2 is 1.61 bits per heavy atom. The number of carboxylic acid groups (broad SMARTS) is 1. The van der Waals surface area contributed by atoms with Crippen LogP contribution in [0.3, 0.4) is 0 Å². The average Bonchev–Trinajstić information content (AvgIpc) is 3.12. The van der Waals surface area contributed by atoms with Gasteiger partial charge in [-0.3, -0.25) is 4.79 Å². The zero-order valence-corrected chi connectivity index (χ0v) is 20.9. The topological polar surface area (TPSA) is 118 Å². The highest BCUT2D eigenvalue weighted by Crippen LogP contribution is 2.68. The van der Waals surface area contributed by atoms with Crippen molar-refractivity contribution in [3.8, 4) is 0 Å².